The monoisotopic (exact) mass is 357 g/mol. The first-order valence-electron chi connectivity index (χ1n) is 9.08. The van der Waals surface area contributed by atoms with Gasteiger partial charge in [-0.2, -0.15) is 5.26 Å². The van der Waals surface area contributed by atoms with Crippen molar-refractivity contribution in [3.63, 3.8) is 0 Å². The Hall–Kier alpha value is -2.36. The summed E-state index contributed by atoms with van der Waals surface area (Å²) in [5.74, 6) is 0.280. The zero-order valence-corrected chi connectivity index (χ0v) is 15.0. The standard InChI is InChI=1S/C20H27N3O3/c21-15-19(16-22(10-12-24)11-13-25)20(26)23-8-6-18(7-9-23)14-17-4-2-1-3-5-17/h1-5,16,18,24-25H,6-14H2/b19-16-. The highest BCUT2D eigenvalue weighted by Crippen LogP contribution is 2.22. The second kappa shape index (κ2) is 10.6. The number of nitrogens with zero attached hydrogens (tertiary/aromatic N) is 3. The molecule has 2 N–H and O–H groups in total. The molecule has 0 atom stereocenters. The lowest BCUT2D eigenvalue weighted by molar-refractivity contribution is -0.128. The largest absolute Gasteiger partial charge is 0.395 e. The molecule has 6 nitrogen and oxygen atoms in total. The molecule has 0 aromatic heterocycles. The molecule has 0 bridgehead atoms. The predicted octanol–water partition coefficient (Wildman–Crippen LogP) is 1.16. The van der Waals surface area contributed by atoms with E-state index in [0.29, 0.717) is 19.0 Å². The van der Waals surface area contributed by atoms with Crippen LogP contribution in [0.5, 0.6) is 0 Å². The molecule has 1 aromatic carbocycles. The van der Waals surface area contributed by atoms with Crippen LogP contribution in [0.3, 0.4) is 0 Å². The van der Waals surface area contributed by atoms with Gasteiger partial charge >= 0.3 is 0 Å². The van der Waals surface area contributed by atoms with E-state index in [1.165, 1.54) is 11.8 Å². The first kappa shape index (κ1) is 20.0. The topological polar surface area (TPSA) is 87.8 Å². The molecule has 140 valence electrons. The molecule has 1 amide bonds. The summed E-state index contributed by atoms with van der Waals surface area (Å²) >= 11 is 0. The molecular formula is C20H27N3O3. The molecule has 0 spiro atoms. The van der Waals surface area contributed by atoms with E-state index in [-0.39, 0.29) is 37.8 Å². The zero-order chi connectivity index (χ0) is 18.8. The molecule has 0 radical (unpaired) electrons. The van der Waals surface area contributed by atoms with Crippen LogP contribution in [0.4, 0.5) is 0 Å². The number of rotatable bonds is 8. The van der Waals surface area contributed by atoms with Gasteiger partial charge in [0.25, 0.3) is 5.91 Å². The lowest BCUT2D eigenvalue weighted by Crippen LogP contribution is -2.40. The van der Waals surface area contributed by atoms with Crippen molar-refractivity contribution in [3.05, 3.63) is 47.7 Å². The van der Waals surface area contributed by atoms with E-state index in [1.54, 1.807) is 9.80 Å². The molecule has 1 aromatic rings. The van der Waals surface area contributed by atoms with E-state index >= 15 is 0 Å². The van der Waals surface area contributed by atoms with Crippen molar-refractivity contribution < 1.29 is 15.0 Å². The van der Waals surface area contributed by atoms with Crippen LogP contribution in [0, 0.1) is 17.2 Å². The van der Waals surface area contributed by atoms with Crippen LogP contribution in [0.2, 0.25) is 0 Å². The van der Waals surface area contributed by atoms with Gasteiger partial charge in [0.2, 0.25) is 0 Å². The van der Waals surface area contributed by atoms with Crippen LogP contribution < -0.4 is 0 Å². The number of likely N-dealkylation sites (tertiary alicyclic amines) is 1. The van der Waals surface area contributed by atoms with Gasteiger partial charge in [0.1, 0.15) is 11.6 Å². The van der Waals surface area contributed by atoms with Gasteiger partial charge in [-0.25, -0.2) is 0 Å². The highest BCUT2D eigenvalue weighted by atomic mass is 16.3. The molecule has 26 heavy (non-hydrogen) atoms. The number of aliphatic hydroxyl groups excluding tert-OH is 2. The van der Waals surface area contributed by atoms with E-state index in [9.17, 15) is 10.1 Å². The minimum absolute atomic E-state index is 0.0495. The third-order valence-electron chi connectivity index (χ3n) is 4.71. The first-order chi connectivity index (χ1) is 12.7. The van der Waals surface area contributed by atoms with Gasteiger partial charge in [0.15, 0.2) is 0 Å². The number of nitriles is 1. The van der Waals surface area contributed by atoms with Crippen molar-refractivity contribution in [1.29, 1.82) is 5.26 Å². The van der Waals surface area contributed by atoms with Gasteiger partial charge < -0.3 is 20.0 Å². The Kier molecular flexibility index (Phi) is 8.13. The quantitative estimate of drug-likeness (QED) is 0.538. The molecule has 6 heteroatoms. The SMILES string of the molecule is N#C/C(=C/N(CCO)CCO)C(=O)N1CCC(Cc2ccccc2)CC1. The summed E-state index contributed by atoms with van der Waals surface area (Å²) in [6.07, 6.45) is 4.32. The van der Waals surface area contributed by atoms with E-state index in [2.05, 4.69) is 12.1 Å². The molecule has 2 rings (SSSR count). The van der Waals surface area contributed by atoms with E-state index in [0.717, 1.165) is 19.3 Å². The average molecular weight is 357 g/mol. The van der Waals surface area contributed by atoms with Gasteiger partial charge in [-0.15, -0.1) is 0 Å². The number of carbonyl (C=O) groups is 1. The van der Waals surface area contributed by atoms with Crippen LogP contribution in [0.1, 0.15) is 18.4 Å². The lowest BCUT2D eigenvalue weighted by atomic mass is 9.90. The first-order valence-corrected chi connectivity index (χ1v) is 9.08. The Morgan fingerprint density at radius 2 is 1.81 bits per heavy atom. The molecular weight excluding hydrogens is 330 g/mol. The number of hydrogen-bond donors (Lipinski definition) is 2. The Morgan fingerprint density at radius 3 is 2.35 bits per heavy atom. The van der Waals surface area contributed by atoms with E-state index in [4.69, 9.17) is 10.2 Å². The van der Waals surface area contributed by atoms with Gasteiger partial charge in [-0.05, 0) is 30.7 Å². The Bertz CT molecular complexity index is 625. The average Bonchev–Trinajstić information content (AvgIpc) is 2.67. The molecule has 1 heterocycles. The van der Waals surface area contributed by atoms with Crippen molar-refractivity contribution in [2.75, 3.05) is 39.4 Å². The summed E-state index contributed by atoms with van der Waals surface area (Å²) < 4.78 is 0. The van der Waals surface area contributed by atoms with Crippen LogP contribution in [-0.4, -0.2) is 65.3 Å². The Labute approximate surface area is 155 Å². The molecule has 1 fully saturated rings. The van der Waals surface area contributed by atoms with Crippen molar-refractivity contribution >= 4 is 5.91 Å². The predicted molar refractivity (Wildman–Crippen MR) is 98.9 cm³/mol. The summed E-state index contributed by atoms with van der Waals surface area (Å²) in [7, 11) is 0. The Morgan fingerprint density at radius 1 is 1.19 bits per heavy atom. The molecule has 0 aliphatic carbocycles. The van der Waals surface area contributed by atoms with Crippen molar-refractivity contribution in [3.8, 4) is 6.07 Å². The highest BCUT2D eigenvalue weighted by Gasteiger charge is 2.25. The fourth-order valence-electron chi connectivity index (χ4n) is 3.27. The molecule has 0 saturated carbocycles. The van der Waals surface area contributed by atoms with Crippen LogP contribution in [0.25, 0.3) is 0 Å². The van der Waals surface area contributed by atoms with Crippen LogP contribution >= 0.6 is 0 Å². The summed E-state index contributed by atoms with van der Waals surface area (Å²) in [5.41, 5.74) is 1.37. The third-order valence-corrected chi connectivity index (χ3v) is 4.71. The number of benzene rings is 1. The minimum Gasteiger partial charge on any atom is -0.395 e. The van der Waals surface area contributed by atoms with Gasteiger partial charge in [0, 0.05) is 32.4 Å². The fraction of sp³-hybridized carbons (Fsp3) is 0.500. The second-order valence-electron chi connectivity index (χ2n) is 6.56. The maximum Gasteiger partial charge on any atom is 0.266 e. The number of amides is 1. The van der Waals surface area contributed by atoms with Crippen molar-refractivity contribution in [2.24, 2.45) is 5.92 Å². The summed E-state index contributed by atoms with van der Waals surface area (Å²) in [6.45, 7) is 1.64. The fourth-order valence-corrected chi connectivity index (χ4v) is 3.27. The van der Waals surface area contributed by atoms with Gasteiger partial charge in [-0.3, -0.25) is 4.79 Å². The van der Waals surface area contributed by atoms with Crippen LogP contribution in [0.15, 0.2) is 42.1 Å². The summed E-state index contributed by atoms with van der Waals surface area (Å²) in [5, 5.41) is 27.5. The Balaban J connectivity index is 1.92. The van der Waals surface area contributed by atoms with Gasteiger partial charge in [-0.1, -0.05) is 30.3 Å². The maximum absolute atomic E-state index is 12.6. The van der Waals surface area contributed by atoms with E-state index in [1.807, 2.05) is 24.3 Å². The summed E-state index contributed by atoms with van der Waals surface area (Å²) in [6, 6.07) is 12.3. The second-order valence-corrected chi connectivity index (χ2v) is 6.56. The van der Waals surface area contributed by atoms with E-state index < -0.39 is 0 Å². The number of carbonyl (C=O) groups excluding carboxylic acids is 1. The van der Waals surface area contributed by atoms with Crippen LogP contribution in [-0.2, 0) is 11.2 Å². The van der Waals surface area contributed by atoms with Crippen molar-refractivity contribution in [1.82, 2.24) is 9.80 Å². The summed E-state index contributed by atoms with van der Waals surface area (Å²) in [4.78, 5) is 15.9. The van der Waals surface area contributed by atoms with Crippen molar-refractivity contribution in [2.45, 2.75) is 19.3 Å². The van der Waals surface area contributed by atoms with Gasteiger partial charge in [0.05, 0.1) is 13.2 Å². The number of hydrogen-bond acceptors (Lipinski definition) is 5. The highest BCUT2D eigenvalue weighted by molar-refractivity contribution is 5.97. The lowest BCUT2D eigenvalue weighted by Gasteiger charge is -2.32. The third kappa shape index (κ3) is 5.87. The molecule has 1 aliphatic heterocycles. The molecule has 1 aliphatic rings. The smallest absolute Gasteiger partial charge is 0.266 e. The zero-order valence-electron chi connectivity index (χ0n) is 15.0. The number of piperidine rings is 1. The normalized spacial score (nSPS) is 15.6. The maximum atomic E-state index is 12.6. The number of aliphatic hydroxyl groups is 2. The molecule has 0 unspecified atom stereocenters. The molecule has 1 saturated heterocycles. The minimum atomic E-state index is -0.272.